The molecule has 0 saturated carbocycles. The van der Waals surface area contributed by atoms with Gasteiger partial charge in [0.05, 0.1) is 6.04 Å². The number of hydrogen-bond acceptors (Lipinski definition) is 6. The van der Waals surface area contributed by atoms with Crippen LogP contribution in [0, 0.1) is 0 Å². The SMILES string of the molecule is O=C(NC(c1ccccc1)c1ccc(OP(=O)(Oc2ccccc2)Oc2ccccc2)cc1)OCC1c2ccccc2-c2ccccc21. The van der Waals surface area contributed by atoms with E-state index in [1.165, 1.54) is 11.1 Å². The van der Waals surface area contributed by atoms with Gasteiger partial charge in [-0.3, -0.25) is 0 Å². The number of phosphoric ester groups is 1. The minimum absolute atomic E-state index is 0.0540. The van der Waals surface area contributed by atoms with Gasteiger partial charge >= 0.3 is 13.9 Å². The molecule has 0 heterocycles. The maximum atomic E-state index is 13.9. The Hall–Kier alpha value is -5.78. The highest BCUT2D eigenvalue weighted by Crippen LogP contribution is 2.50. The topological polar surface area (TPSA) is 83.1 Å². The number of ether oxygens (including phenoxy) is 1. The number of carbonyl (C=O) groups excluding carboxylic acids is 1. The van der Waals surface area contributed by atoms with Crippen LogP contribution >= 0.6 is 7.82 Å². The fourth-order valence-corrected chi connectivity index (χ4v) is 7.14. The third-order valence-electron chi connectivity index (χ3n) is 8.09. The van der Waals surface area contributed by atoms with Crippen molar-refractivity contribution >= 4 is 13.9 Å². The van der Waals surface area contributed by atoms with E-state index in [2.05, 4.69) is 29.6 Å². The molecule has 1 aliphatic rings. The van der Waals surface area contributed by atoms with Gasteiger partial charge in [0, 0.05) is 5.92 Å². The van der Waals surface area contributed by atoms with E-state index in [4.69, 9.17) is 18.3 Å². The molecule has 238 valence electrons. The Morgan fingerprint density at radius 1 is 0.542 bits per heavy atom. The first-order chi connectivity index (χ1) is 23.5. The number of rotatable bonds is 11. The third kappa shape index (κ3) is 6.97. The van der Waals surface area contributed by atoms with E-state index in [1.54, 1.807) is 72.8 Å². The van der Waals surface area contributed by atoms with E-state index in [9.17, 15) is 9.36 Å². The number of amides is 1. The number of benzene rings is 6. The second kappa shape index (κ2) is 13.9. The van der Waals surface area contributed by atoms with E-state index >= 15 is 0 Å². The van der Waals surface area contributed by atoms with Gasteiger partial charge in [0.25, 0.3) is 0 Å². The zero-order valence-electron chi connectivity index (χ0n) is 25.8. The molecule has 8 heteroatoms. The molecule has 1 atom stereocenters. The zero-order valence-corrected chi connectivity index (χ0v) is 26.7. The summed E-state index contributed by atoms with van der Waals surface area (Å²) >= 11 is 0. The molecule has 0 aromatic heterocycles. The minimum atomic E-state index is -4.16. The first kappa shape index (κ1) is 30.9. The smallest absolute Gasteiger partial charge is 0.449 e. The Labute approximate surface area is 279 Å². The molecule has 0 aliphatic heterocycles. The lowest BCUT2D eigenvalue weighted by atomic mass is 9.98. The Kier molecular flexibility index (Phi) is 8.94. The molecule has 1 unspecified atom stereocenters. The summed E-state index contributed by atoms with van der Waals surface area (Å²) in [6, 6.07) is 49.9. The lowest BCUT2D eigenvalue weighted by molar-refractivity contribution is 0.140. The fourth-order valence-electron chi connectivity index (χ4n) is 5.89. The Morgan fingerprint density at radius 2 is 0.958 bits per heavy atom. The molecular weight excluding hydrogens is 621 g/mol. The summed E-state index contributed by atoms with van der Waals surface area (Å²) in [6.07, 6.45) is -0.539. The van der Waals surface area contributed by atoms with Gasteiger partial charge in [-0.05, 0) is 69.8 Å². The van der Waals surface area contributed by atoms with Crippen molar-refractivity contribution in [3.05, 3.63) is 186 Å². The summed E-state index contributed by atoms with van der Waals surface area (Å²) in [4.78, 5) is 13.4. The number of fused-ring (bicyclic) bond motifs is 3. The second-order valence-corrected chi connectivity index (χ2v) is 12.7. The van der Waals surface area contributed by atoms with Gasteiger partial charge in [0.1, 0.15) is 23.9 Å². The average Bonchev–Trinajstić information content (AvgIpc) is 3.44. The standard InChI is InChI=1S/C40H32NO6P/c42-40(44-28-38-36-22-12-10-20-34(36)35-21-11-13-23-37(35)38)41-39(29-14-4-1-5-15-29)30-24-26-33(27-25-30)47-48(43,45-31-16-6-2-7-17-31)46-32-18-8-3-9-19-32/h1-27,38-39H,28H2,(H,41,42). The summed E-state index contributed by atoms with van der Waals surface area (Å²) in [7, 11) is -4.16. The molecule has 1 N–H and O–H groups in total. The maximum Gasteiger partial charge on any atom is 0.647 e. The van der Waals surface area contributed by atoms with Crippen LogP contribution in [0.2, 0.25) is 0 Å². The van der Waals surface area contributed by atoms with Crippen molar-refractivity contribution in [2.75, 3.05) is 6.61 Å². The van der Waals surface area contributed by atoms with Crippen molar-refractivity contribution in [1.29, 1.82) is 0 Å². The first-order valence-corrected chi connectivity index (χ1v) is 17.1. The van der Waals surface area contributed by atoms with Crippen LogP contribution in [0.1, 0.15) is 34.2 Å². The zero-order chi connectivity index (χ0) is 32.8. The van der Waals surface area contributed by atoms with Gasteiger partial charge in [-0.15, -0.1) is 0 Å². The normalized spacial score (nSPS) is 12.7. The summed E-state index contributed by atoms with van der Waals surface area (Å²) in [5.74, 6) is 0.887. The van der Waals surface area contributed by atoms with Crippen LogP contribution in [0.5, 0.6) is 17.2 Å². The van der Waals surface area contributed by atoms with Gasteiger partial charge in [0.15, 0.2) is 0 Å². The van der Waals surface area contributed by atoms with Crippen molar-refractivity contribution in [2.45, 2.75) is 12.0 Å². The summed E-state index contributed by atoms with van der Waals surface area (Å²) in [6.45, 7) is 0.201. The Balaban J connectivity index is 1.09. The summed E-state index contributed by atoms with van der Waals surface area (Å²) < 4.78 is 37.2. The third-order valence-corrected chi connectivity index (χ3v) is 9.39. The van der Waals surface area contributed by atoms with Crippen molar-refractivity contribution in [3.63, 3.8) is 0 Å². The molecule has 48 heavy (non-hydrogen) atoms. The molecular formula is C40H32NO6P. The van der Waals surface area contributed by atoms with Crippen LogP contribution in [0.25, 0.3) is 11.1 Å². The predicted molar refractivity (Wildman–Crippen MR) is 185 cm³/mol. The molecule has 0 spiro atoms. The Bertz CT molecular complexity index is 1950. The minimum Gasteiger partial charge on any atom is -0.449 e. The highest BCUT2D eigenvalue weighted by atomic mass is 31.2. The van der Waals surface area contributed by atoms with Gasteiger partial charge in [-0.1, -0.05) is 127 Å². The number of carbonyl (C=O) groups is 1. The highest BCUT2D eigenvalue weighted by molar-refractivity contribution is 7.49. The second-order valence-electron chi connectivity index (χ2n) is 11.2. The van der Waals surface area contributed by atoms with E-state index in [1.807, 2.05) is 66.7 Å². The van der Waals surface area contributed by atoms with Crippen LogP contribution in [-0.2, 0) is 9.30 Å². The van der Waals surface area contributed by atoms with Crippen LogP contribution in [0.15, 0.2) is 164 Å². The number of phosphoric acid groups is 1. The van der Waals surface area contributed by atoms with Crippen molar-refractivity contribution < 1.29 is 27.7 Å². The van der Waals surface area contributed by atoms with E-state index in [0.717, 1.165) is 22.3 Å². The monoisotopic (exact) mass is 653 g/mol. The molecule has 7 nitrogen and oxygen atoms in total. The van der Waals surface area contributed by atoms with Crippen LogP contribution in [-0.4, -0.2) is 12.7 Å². The lowest BCUT2D eigenvalue weighted by Crippen LogP contribution is -2.31. The molecule has 0 radical (unpaired) electrons. The maximum absolute atomic E-state index is 13.9. The molecule has 7 rings (SSSR count). The van der Waals surface area contributed by atoms with Crippen molar-refractivity contribution in [3.8, 4) is 28.4 Å². The van der Waals surface area contributed by atoms with Crippen LogP contribution in [0.4, 0.5) is 4.79 Å². The summed E-state index contributed by atoms with van der Waals surface area (Å²) in [5, 5.41) is 3.05. The van der Waals surface area contributed by atoms with Crippen LogP contribution in [0.3, 0.4) is 0 Å². The molecule has 1 amide bonds. The van der Waals surface area contributed by atoms with Gasteiger partial charge in [-0.25, -0.2) is 4.79 Å². The predicted octanol–water partition coefficient (Wildman–Crippen LogP) is 9.96. The summed E-state index contributed by atoms with van der Waals surface area (Å²) in [5.41, 5.74) is 6.26. The quantitative estimate of drug-likeness (QED) is 0.140. The van der Waals surface area contributed by atoms with Crippen molar-refractivity contribution in [1.82, 2.24) is 5.32 Å². The average molecular weight is 654 g/mol. The lowest BCUT2D eigenvalue weighted by Gasteiger charge is -2.22. The van der Waals surface area contributed by atoms with Gasteiger partial charge < -0.3 is 23.6 Å². The fraction of sp³-hybridized carbons (Fsp3) is 0.0750. The first-order valence-electron chi connectivity index (χ1n) is 15.6. The Morgan fingerprint density at radius 3 is 1.48 bits per heavy atom. The molecule has 0 saturated heterocycles. The number of alkyl carbamates (subject to hydrolysis) is 1. The molecule has 0 fully saturated rings. The van der Waals surface area contributed by atoms with Gasteiger partial charge in [0.2, 0.25) is 0 Å². The van der Waals surface area contributed by atoms with Gasteiger partial charge in [-0.2, -0.15) is 4.57 Å². The largest absolute Gasteiger partial charge is 0.647 e. The molecule has 6 aromatic rings. The van der Waals surface area contributed by atoms with Crippen molar-refractivity contribution in [2.24, 2.45) is 0 Å². The number of para-hydroxylation sites is 2. The highest BCUT2D eigenvalue weighted by Gasteiger charge is 2.33. The molecule has 6 aromatic carbocycles. The number of hydrogen-bond donors (Lipinski definition) is 1. The van der Waals surface area contributed by atoms with E-state index < -0.39 is 20.0 Å². The molecule has 0 bridgehead atoms. The van der Waals surface area contributed by atoms with Crippen LogP contribution < -0.4 is 18.9 Å². The van der Waals surface area contributed by atoms with E-state index in [0.29, 0.717) is 11.5 Å². The van der Waals surface area contributed by atoms with E-state index in [-0.39, 0.29) is 18.3 Å². The number of nitrogens with one attached hydrogen (secondary N) is 1. The molecule has 1 aliphatic carbocycles.